The molecule has 9 heteroatoms. The van der Waals surface area contributed by atoms with Crippen LogP contribution < -0.4 is 5.32 Å². The zero-order valence-corrected chi connectivity index (χ0v) is 17.1. The lowest BCUT2D eigenvalue weighted by Crippen LogP contribution is -2.51. The third-order valence-electron chi connectivity index (χ3n) is 5.27. The van der Waals surface area contributed by atoms with E-state index in [4.69, 9.17) is 0 Å². The van der Waals surface area contributed by atoms with E-state index in [0.717, 1.165) is 16.3 Å². The van der Waals surface area contributed by atoms with Crippen molar-refractivity contribution in [3.8, 4) is 0 Å². The van der Waals surface area contributed by atoms with Gasteiger partial charge in [-0.15, -0.1) is 0 Å². The maximum absolute atomic E-state index is 13.1. The lowest BCUT2D eigenvalue weighted by atomic mass is 10.1. The predicted octanol–water partition coefficient (Wildman–Crippen LogP) is 0.508. The van der Waals surface area contributed by atoms with E-state index in [1.165, 1.54) is 24.5 Å². The predicted molar refractivity (Wildman–Crippen MR) is 105 cm³/mol. The van der Waals surface area contributed by atoms with Crippen LogP contribution in [0.3, 0.4) is 0 Å². The fourth-order valence-corrected chi connectivity index (χ4v) is 4.90. The van der Waals surface area contributed by atoms with E-state index in [1.54, 1.807) is 17.0 Å². The molecule has 152 valence electrons. The van der Waals surface area contributed by atoms with Crippen molar-refractivity contribution < 1.29 is 18.0 Å². The molecule has 28 heavy (non-hydrogen) atoms. The highest BCUT2D eigenvalue weighted by molar-refractivity contribution is 7.89. The van der Waals surface area contributed by atoms with Crippen LogP contribution >= 0.6 is 0 Å². The van der Waals surface area contributed by atoms with Crippen LogP contribution in [0.15, 0.2) is 41.6 Å². The average molecular weight is 407 g/mol. The molecule has 0 saturated carbocycles. The summed E-state index contributed by atoms with van der Waals surface area (Å²) in [4.78, 5) is 29.0. The fourth-order valence-electron chi connectivity index (χ4n) is 3.46. The van der Waals surface area contributed by atoms with Crippen molar-refractivity contribution in [1.29, 1.82) is 0 Å². The Morgan fingerprint density at radius 2 is 1.93 bits per heavy atom. The van der Waals surface area contributed by atoms with Crippen LogP contribution in [0.4, 0.5) is 0 Å². The molecule has 0 aromatic heterocycles. The molecule has 0 spiro atoms. The maximum Gasteiger partial charge on any atom is 0.264 e. The van der Waals surface area contributed by atoms with Crippen LogP contribution in [0.25, 0.3) is 0 Å². The van der Waals surface area contributed by atoms with Crippen molar-refractivity contribution >= 4 is 21.8 Å². The second-order valence-electron chi connectivity index (χ2n) is 7.44. The normalized spacial score (nSPS) is 22.6. The molecule has 2 atom stereocenters. The first kappa shape index (κ1) is 20.3. The summed E-state index contributed by atoms with van der Waals surface area (Å²) < 4.78 is 27.1. The first-order valence-electron chi connectivity index (χ1n) is 9.21. The highest BCUT2D eigenvalue weighted by Gasteiger charge is 2.38. The third-order valence-corrected chi connectivity index (χ3v) is 7.07. The zero-order valence-electron chi connectivity index (χ0n) is 16.3. The largest absolute Gasteiger partial charge is 0.341 e. The number of sulfonamides is 1. The molecule has 1 saturated heterocycles. The molecule has 0 aliphatic carbocycles. The topological polar surface area (TPSA) is 90.0 Å². The van der Waals surface area contributed by atoms with Gasteiger partial charge in [0.25, 0.3) is 10.0 Å². The van der Waals surface area contributed by atoms with Crippen LogP contribution in [0.5, 0.6) is 0 Å². The first-order valence-corrected chi connectivity index (χ1v) is 10.7. The van der Waals surface area contributed by atoms with Crippen molar-refractivity contribution in [2.24, 2.45) is 0 Å². The number of carbonyl (C=O) groups excluding carboxylic acids is 2. The average Bonchev–Trinajstić information content (AvgIpc) is 3.14. The van der Waals surface area contributed by atoms with Crippen molar-refractivity contribution in [3.63, 3.8) is 0 Å². The number of benzene rings is 1. The third kappa shape index (κ3) is 4.05. The molecule has 2 heterocycles. The summed E-state index contributed by atoms with van der Waals surface area (Å²) in [5.41, 5.74) is 0.932. The van der Waals surface area contributed by atoms with E-state index in [0.29, 0.717) is 13.1 Å². The van der Waals surface area contributed by atoms with Gasteiger partial charge >= 0.3 is 0 Å². The Morgan fingerprint density at radius 1 is 1.25 bits per heavy atom. The van der Waals surface area contributed by atoms with Crippen LogP contribution in [0, 0.1) is 6.92 Å². The van der Waals surface area contributed by atoms with Gasteiger partial charge in [0.05, 0.1) is 11.3 Å². The fraction of sp³-hybridized carbons (Fsp3) is 0.474. The van der Waals surface area contributed by atoms with Gasteiger partial charge in [-0.3, -0.25) is 13.9 Å². The Kier molecular flexibility index (Phi) is 5.76. The Labute approximate surface area is 165 Å². The molecule has 2 amide bonds. The molecule has 8 nitrogen and oxygen atoms in total. The number of rotatable bonds is 5. The molecule has 1 aromatic rings. The van der Waals surface area contributed by atoms with Gasteiger partial charge in [-0.25, -0.2) is 8.42 Å². The van der Waals surface area contributed by atoms with Crippen molar-refractivity contribution in [1.82, 2.24) is 19.4 Å². The summed E-state index contributed by atoms with van der Waals surface area (Å²) in [7, 11) is -0.0152. The summed E-state index contributed by atoms with van der Waals surface area (Å²) in [6.07, 6.45) is 3.26. The minimum Gasteiger partial charge on any atom is -0.341 e. The number of carbonyl (C=O) groups is 2. The minimum atomic E-state index is -3.95. The molecule has 0 bridgehead atoms. The molecule has 0 unspecified atom stereocenters. The van der Waals surface area contributed by atoms with Gasteiger partial charge in [0.15, 0.2) is 0 Å². The van der Waals surface area contributed by atoms with Crippen molar-refractivity contribution in [2.45, 2.75) is 36.7 Å². The van der Waals surface area contributed by atoms with Gasteiger partial charge in [-0.2, -0.15) is 0 Å². The lowest BCUT2D eigenvalue weighted by Gasteiger charge is -2.32. The molecule has 2 aliphatic heterocycles. The summed E-state index contributed by atoms with van der Waals surface area (Å²) in [6.45, 7) is 3.06. The van der Waals surface area contributed by atoms with E-state index in [9.17, 15) is 18.0 Å². The number of likely N-dealkylation sites (N-methyl/N-ethyl adjacent to an activating group) is 1. The molecule has 1 fully saturated rings. The summed E-state index contributed by atoms with van der Waals surface area (Å²) >= 11 is 0. The zero-order chi connectivity index (χ0) is 20.5. The monoisotopic (exact) mass is 406 g/mol. The van der Waals surface area contributed by atoms with E-state index < -0.39 is 22.0 Å². The SMILES string of the molecule is Cc1ccc(S(=O)(=O)N2C=CNC(=O)[C@H]2CC(=O)N2CC[C@H](N(C)C)C2)cc1. The molecular formula is C19H26N4O4S. The highest BCUT2D eigenvalue weighted by Crippen LogP contribution is 2.24. The number of nitrogens with one attached hydrogen (secondary N) is 1. The van der Waals surface area contributed by atoms with Crippen LogP contribution in [-0.4, -0.2) is 73.6 Å². The molecule has 1 aromatic carbocycles. The summed E-state index contributed by atoms with van der Waals surface area (Å²) in [5, 5.41) is 2.51. The van der Waals surface area contributed by atoms with E-state index in [1.807, 2.05) is 21.0 Å². The van der Waals surface area contributed by atoms with Gasteiger partial charge in [0.2, 0.25) is 11.8 Å². The highest BCUT2D eigenvalue weighted by atomic mass is 32.2. The van der Waals surface area contributed by atoms with E-state index in [-0.39, 0.29) is 23.3 Å². The Bertz CT molecular complexity index is 880. The number of hydrogen-bond donors (Lipinski definition) is 1. The van der Waals surface area contributed by atoms with Crippen molar-refractivity contribution in [2.75, 3.05) is 27.2 Å². The minimum absolute atomic E-state index is 0.0868. The lowest BCUT2D eigenvalue weighted by molar-refractivity contribution is -0.135. The molecule has 3 rings (SSSR count). The summed E-state index contributed by atoms with van der Waals surface area (Å²) in [6, 6.07) is 5.58. The van der Waals surface area contributed by atoms with Crippen molar-refractivity contribution in [3.05, 3.63) is 42.2 Å². The smallest absolute Gasteiger partial charge is 0.264 e. The number of aryl methyl sites for hydroxylation is 1. The van der Waals surface area contributed by atoms with Gasteiger partial charge in [0, 0.05) is 31.5 Å². The number of amides is 2. The maximum atomic E-state index is 13.1. The second kappa shape index (κ2) is 7.92. The molecule has 1 N–H and O–H groups in total. The standard InChI is InChI=1S/C19H26N4O4S/c1-14-4-6-16(7-5-14)28(26,27)23-11-9-20-19(25)17(23)12-18(24)22-10-8-15(13-22)21(2)3/h4-7,9,11,15,17H,8,10,12-13H2,1-3H3,(H,20,25)/t15-,17+/m0/s1. The molecule has 0 radical (unpaired) electrons. The van der Waals surface area contributed by atoms with Crippen LogP contribution in [0.1, 0.15) is 18.4 Å². The van der Waals surface area contributed by atoms with Gasteiger partial charge in [0.1, 0.15) is 6.04 Å². The van der Waals surface area contributed by atoms with E-state index in [2.05, 4.69) is 10.2 Å². The molecule has 2 aliphatic rings. The first-order chi connectivity index (χ1) is 13.2. The van der Waals surface area contributed by atoms with Gasteiger partial charge in [-0.05, 0) is 39.6 Å². The number of hydrogen-bond acceptors (Lipinski definition) is 5. The Balaban J connectivity index is 1.80. The number of likely N-dealkylation sites (tertiary alicyclic amines) is 1. The molecular weight excluding hydrogens is 380 g/mol. The van der Waals surface area contributed by atoms with E-state index >= 15 is 0 Å². The second-order valence-corrected chi connectivity index (χ2v) is 9.28. The summed E-state index contributed by atoms with van der Waals surface area (Å²) in [5.74, 6) is -0.723. The quantitative estimate of drug-likeness (QED) is 0.770. The van der Waals surface area contributed by atoms with Gasteiger partial charge < -0.3 is 15.1 Å². The van der Waals surface area contributed by atoms with Gasteiger partial charge in [-0.1, -0.05) is 17.7 Å². The van der Waals surface area contributed by atoms with Crippen LogP contribution in [0.2, 0.25) is 0 Å². The Hall–Kier alpha value is -2.39. The number of nitrogens with zero attached hydrogens (tertiary/aromatic N) is 3. The Morgan fingerprint density at radius 3 is 2.54 bits per heavy atom. The van der Waals surface area contributed by atoms with Crippen LogP contribution in [-0.2, 0) is 19.6 Å².